The minimum absolute atomic E-state index is 0.153. The fraction of sp³-hybridized carbons (Fsp3) is 0.458. The molecule has 2 aromatic carbocycles. The topological polar surface area (TPSA) is 63.7 Å². The van der Waals surface area contributed by atoms with Crippen molar-refractivity contribution in [3.63, 3.8) is 0 Å². The van der Waals surface area contributed by atoms with Crippen molar-refractivity contribution in [3.8, 4) is 0 Å². The second kappa shape index (κ2) is 8.80. The number of amides is 1. The Labute approximate surface area is 180 Å². The molecule has 1 saturated heterocycles. The first-order chi connectivity index (χ1) is 14.0. The zero-order chi connectivity index (χ0) is 21.9. The summed E-state index contributed by atoms with van der Waals surface area (Å²) in [4.78, 5) is 14.5. The van der Waals surface area contributed by atoms with Gasteiger partial charge >= 0.3 is 6.09 Å². The maximum absolute atomic E-state index is 12.4. The number of carbonyl (C=O) groups is 1. The molecule has 1 aliphatic heterocycles. The smallest absolute Gasteiger partial charge is 0.410 e. The van der Waals surface area contributed by atoms with Crippen molar-refractivity contribution in [1.82, 2.24) is 4.90 Å². The van der Waals surface area contributed by atoms with Crippen LogP contribution in [-0.2, 0) is 14.6 Å². The molecule has 6 heteroatoms. The summed E-state index contributed by atoms with van der Waals surface area (Å²) in [7, 11) is -3.22. The van der Waals surface area contributed by atoms with E-state index in [4.69, 9.17) is 4.74 Å². The first kappa shape index (κ1) is 22.3. The lowest BCUT2D eigenvalue weighted by Gasteiger charge is -2.37. The van der Waals surface area contributed by atoms with Gasteiger partial charge in [0, 0.05) is 25.3 Å². The van der Waals surface area contributed by atoms with Crippen LogP contribution in [0.3, 0.4) is 0 Å². The van der Waals surface area contributed by atoms with Crippen LogP contribution in [0.1, 0.15) is 50.7 Å². The number of rotatable bonds is 4. The molecule has 1 amide bonds. The molecule has 3 rings (SSSR count). The molecule has 5 nitrogen and oxygen atoms in total. The number of sulfone groups is 1. The minimum atomic E-state index is -3.22. The third-order valence-corrected chi connectivity index (χ3v) is 6.62. The van der Waals surface area contributed by atoms with E-state index < -0.39 is 15.4 Å². The number of carbonyl (C=O) groups excluding carboxylic acids is 1. The minimum Gasteiger partial charge on any atom is -0.444 e. The summed E-state index contributed by atoms with van der Waals surface area (Å²) in [5.74, 6) is 0.510. The Kier molecular flexibility index (Phi) is 6.56. The molecule has 1 aliphatic rings. The van der Waals surface area contributed by atoms with Crippen LogP contribution in [0.4, 0.5) is 4.79 Å². The van der Waals surface area contributed by atoms with Crippen LogP contribution in [0.5, 0.6) is 0 Å². The number of hydrogen-bond acceptors (Lipinski definition) is 4. The molecule has 0 aliphatic carbocycles. The van der Waals surface area contributed by atoms with E-state index in [2.05, 4.69) is 12.1 Å². The third-order valence-electron chi connectivity index (χ3n) is 5.49. The molecule has 162 valence electrons. The second-order valence-electron chi connectivity index (χ2n) is 9.03. The van der Waals surface area contributed by atoms with E-state index in [0.717, 1.165) is 18.4 Å². The monoisotopic (exact) mass is 429 g/mol. The zero-order valence-corrected chi connectivity index (χ0v) is 19.0. The lowest BCUT2D eigenvalue weighted by Crippen LogP contribution is -2.42. The zero-order valence-electron chi connectivity index (χ0n) is 18.2. The van der Waals surface area contributed by atoms with Gasteiger partial charge in [-0.15, -0.1) is 0 Å². The van der Waals surface area contributed by atoms with Crippen molar-refractivity contribution in [1.29, 1.82) is 0 Å². The molecule has 1 fully saturated rings. The average Bonchev–Trinajstić information content (AvgIpc) is 2.68. The van der Waals surface area contributed by atoms with Gasteiger partial charge < -0.3 is 9.64 Å². The molecule has 30 heavy (non-hydrogen) atoms. The van der Waals surface area contributed by atoms with Crippen molar-refractivity contribution < 1.29 is 17.9 Å². The van der Waals surface area contributed by atoms with Gasteiger partial charge in [-0.05, 0) is 62.8 Å². The maximum Gasteiger partial charge on any atom is 0.410 e. The second-order valence-corrected chi connectivity index (χ2v) is 11.1. The SMILES string of the molecule is CC(C)(C)OC(=O)N1CCC([C@@H](c2ccccc2)c2ccc(S(C)(=O)=O)cc2)CC1. The van der Waals surface area contributed by atoms with Crippen molar-refractivity contribution in [2.75, 3.05) is 19.3 Å². The quantitative estimate of drug-likeness (QED) is 0.696. The van der Waals surface area contributed by atoms with Crippen molar-refractivity contribution in [2.24, 2.45) is 5.92 Å². The number of benzene rings is 2. The van der Waals surface area contributed by atoms with E-state index >= 15 is 0 Å². The Hall–Kier alpha value is -2.34. The van der Waals surface area contributed by atoms with Crippen LogP contribution in [0.25, 0.3) is 0 Å². The van der Waals surface area contributed by atoms with Gasteiger partial charge in [-0.25, -0.2) is 13.2 Å². The highest BCUT2D eigenvalue weighted by molar-refractivity contribution is 7.90. The molecule has 2 aromatic rings. The maximum atomic E-state index is 12.4. The summed E-state index contributed by atoms with van der Waals surface area (Å²) in [6.07, 6.45) is 2.71. The molecule has 0 saturated carbocycles. The summed E-state index contributed by atoms with van der Waals surface area (Å²) >= 11 is 0. The Morgan fingerprint density at radius 1 is 0.967 bits per heavy atom. The van der Waals surface area contributed by atoms with E-state index in [9.17, 15) is 13.2 Å². The fourth-order valence-corrected chi connectivity index (χ4v) is 4.69. The van der Waals surface area contributed by atoms with Gasteiger partial charge in [0.05, 0.1) is 4.90 Å². The van der Waals surface area contributed by atoms with E-state index in [1.807, 2.05) is 51.1 Å². The summed E-state index contributed by atoms with van der Waals surface area (Å²) in [5, 5.41) is 0. The van der Waals surface area contributed by atoms with Gasteiger partial charge in [0.1, 0.15) is 5.60 Å². The van der Waals surface area contributed by atoms with Crippen molar-refractivity contribution >= 4 is 15.9 Å². The van der Waals surface area contributed by atoms with Crippen LogP contribution in [-0.4, -0.2) is 44.4 Å². The molecule has 0 N–H and O–H groups in total. The van der Waals surface area contributed by atoms with Crippen LogP contribution < -0.4 is 0 Å². The third kappa shape index (κ3) is 5.63. The summed E-state index contributed by atoms with van der Waals surface area (Å²) in [6.45, 7) is 6.95. The largest absolute Gasteiger partial charge is 0.444 e. The van der Waals surface area contributed by atoms with E-state index in [0.29, 0.717) is 23.9 Å². The average molecular weight is 430 g/mol. The molecular weight excluding hydrogens is 398 g/mol. The Morgan fingerprint density at radius 2 is 1.50 bits per heavy atom. The highest BCUT2D eigenvalue weighted by Gasteiger charge is 2.32. The summed E-state index contributed by atoms with van der Waals surface area (Å²) in [5.41, 5.74) is 1.81. The number of hydrogen-bond donors (Lipinski definition) is 0. The van der Waals surface area contributed by atoms with E-state index in [1.54, 1.807) is 17.0 Å². The van der Waals surface area contributed by atoms with Crippen molar-refractivity contribution in [3.05, 3.63) is 65.7 Å². The first-order valence-electron chi connectivity index (χ1n) is 10.4. The van der Waals surface area contributed by atoms with Crippen LogP contribution >= 0.6 is 0 Å². The van der Waals surface area contributed by atoms with Gasteiger partial charge in [-0.3, -0.25) is 0 Å². The summed E-state index contributed by atoms with van der Waals surface area (Å²) in [6, 6.07) is 17.5. The molecule has 0 radical (unpaired) electrons. The van der Waals surface area contributed by atoms with Crippen LogP contribution in [0.15, 0.2) is 59.5 Å². The normalized spacial score (nSPS) is 16.9. The van der Waals surface area contributed by atoms with Crippen LogP contribution in [0.2, 0.25) is 0 Å². The lowest BCUT2D eigenvalue weighted by atomic mass is 9.76. The Bertz CT molecular complexity index is 955. The molecule has 0 bridgehead atoms. The van der Waals surface area contributed by atoms with Gasteiger partial charge in [0.25, 0.3) is 0 Å². The fourth-order valence-electron chi connectivity index (χ4n) is 4.06. The van der Waals surface area contributed by atoms with Crippen molar-refractivity contribution in [2.45, 2.75) is 50.0 Å². The Morgan fingerprint density at radius 3 is 2.00 bits per heavy atom. The Balaban J connectivity index is 1.81. The molecule has 1 atom stereocenters. The standard InChI is InChI=1S/C24H31NO4S/c1-24(2,3)29-23(26)25-16-14-20(15-17-25)22(18-8-6-5-7-9-18)19-10-12-21(13-11-19)30(4,27)28/h5-13,20,22H,14-17H2,1-4H3/t22-/m0/s1. The highest BCUT2D eigenvalue weighted by Crippen LogP contribution is 2.38. The molecule has 0 aromatic heterocycles. The van der Waals surface area contributed by atoms with Gasteiger partial charge in [-0.1, -0.05) is 42.5 Å². The molecule has 0 spiro atoms. The number of piperidine rings is 1. The van der Waals surface area contributed by atoms with Gasteiger partial charge in [0.15, 0.2) is 9.84 Å². The molecular formula is C24H31NO4S. The predicted molar refractivity (Wildman–Crippen MR) is 118 cm³/mol. The van der Waals surface area contributed by atoms with E-state index in [1.165, 1.54) is 11.8 Å². The predicted octanol–water partition coefficient (Wildman–Crippen LogP) is 4.87. The van der Waals surface area contributed by atoms with E-state index in [-0.39, 0.29) is 12.0 Å². The number of likely N-dealkylation sites (tertiary alicyclic amines) is 1. The molecule has 0 unspecified atom stereocenters. The highest BCUT2D eigenvalue weighted by atomic mass is 32.2. The van der Waals surface area contributed by atoms with Crippen LogP contribution in [0, 0.1) is 5.92 Å². The summed E-state index contributed by atoms with van der Waals surface area (Å²) < 4.78 is 29.2. The van der Waals surface area contributed by atoms with Gasteiger partial charge in [0.2, 0.25) is 0 Å². The number of ether oxygens (including phenoxy) is 1. The first-order valence-corrected chi connectivity index (χ1v) is 12.3. The number of nitrogens with zero attached hydrogens (tertiary/aromatic N) is 1. The van der Waals surface area contributed by atoms with Gasteiger partial charge in [-0.2, -0.15) is 0 Å². The lowest BCUT2D eigenvalue weighted by molar-refractivity contribution is 0.0178. The molecule has 1 heterocycles.